The number of Topliss-reactive ketones (excluding diaryl/α,β-unsaturated/α-hetero) is 1. The summed E-state index contributed by atoms with van der Waals surface area (Å²) in [6, 6.07) is 7.27. The molecule has 0 radical (unpaired) electrons. The molecule has 0 bridgehead atoms. The zero-order valence-corrected chi connectivity index (χ0v) is 12.2. The van der Waals surface area contributed by atoms with E-state index in [1.807, 2.05) is 25.1 Å². The largest absolute Gasteiger partial charge is 0.469 e. The molecule has 0 aromatic heterocycles. The molecule has 1 atom stereocenters. The molecule has 3 nitrogen and oxygen atoms in total. The maximum atomic E-state index is 12.4. The monoisotopic (exact) mass is 312 g/mol. The molecule has 0 saturated carbocycles. The summed E-state index contributed by atoms with van der Waals surface area (Å²) in [7, 11) is 1.34. The number of hydrogen-bond donors (Lipinski definition) is 0. The van der Waals surface area contributed by atoms with E-state index in [0.29, 0.717) is 12.0 Å². The first-order chi connectivity index (χ1) is 8.60. The van der Waals surface area contributed by atoms with E-state index >= 15 is 0 Å². The van der Waals surface area contributed by atoms with Gasteiger partial charge in [0.1, 0.15) is 0 Å². The Kier molecular flexibility index (Phi) is 6.05. The van der Waals surface area contributed by atoms with Crippen molar-refractivity contribution >= 4 is 27.7 Å². The molecule has 0 aliphatic carbocycles. The van der Waals surface area contributed by atoms with Crippen LogP contribution in [-0.2, 0) is 9.53 Å². The number of methoxy groups -OCH3 is 1. The molecular formula is C14H17BrO3. The third kappa shape index (κ3) is 3.95. The second-order valence-electron chi connectivity index (χ2n) is 4.11. The van der Waals surface area contributed by atoms with Crippen LogP contribution < -0.4 is 0 Å². The van der Waals surface area contributed by atoms with Crippen LogP contribution in [0.1, 0.15) is 36.5 Å². The fourth-order valence-electron chi connectivity index (χ4n) is 1.84. The highest BCUT2D eigenvalue weighted by atomic mass is 79.9. The van der Waals surface area contributed by atoms with Gasteiger partial charge < -0.3 is 4.74 Å². The number of benzene rings is 1. The van der Waals surface area contributed by atoms with Gasteiger partial charge in [0.05, 0.1) is 13.5 Å². The molecular weight excluding hydrogens is 296 g/mol. The molecule has 0 spiro atoms. The molecule has 0 fully saturated rings. The Labute approximate surface area is 116 Å². The first kappa shape index (κ1) is 14.9. The maximum absolute atomic E-state index is 12.4. The molecule has 4 heteroatoms. The van der Waals surface area contributed by atoms with E-state index < -0.39 is 0 Å². The molecule has 0 aliphatic heterocycles. The van der Waals surface area contributed by atoms with Gasteiger partial charge in [0.15, 0.2) is 5.78 Å². The summed E-state index contributed by atoms with van der Waals surface area (Å²) in [5.74, 6) is -0.648. The van der Waals surface area contributed by atoms with E-state index in [0.717, 1.165) is 10.9 Å². The van der Waals surface area contributed by atoms with Crippen LogP contribution in [0.5, 0.6) is 0 Å². The van der Waals surface area contributed by atoms with Gasteiger partial charge in [0.25, 0.3) is 0 Å². The van der Waals surface area contributed by atoms with Gasteiger partial charge in [-0.1, -0.05) is 47.5 Å². The Balaban J connectivity index is 2.89. The quantitative estimate of drug-likeness (QED) is 0.595. The molecule has 0 unspecified atom stereocenters. The predicted octanol–water partition coefficient (Wildman–Crippen LogP) is 3.61. The van der Waals surface area contributed by atoms with Crippen molar-refractivity contribution in [1.82, 2.24) is 0 Å². The Morgan fingerprint density at radius 3 is 2.56 bits per heavy atom. The van der Waals surface area contributed by atoms with E-state index in [1.54, 1.807) is 6.07 Å². The molecule has 1 rings (SSSR count). The molecule has 0 aliphatic rings. The SMILES string of the molecule is CCC[C@H](CC(=O)OC)C(=O)c1ccccc1Br. The summed E-state index contributed by atoms with van der Waals surface area (Å²) >= 11 is 3.36. The Bertz CT molecular complexity index is 429. The van der Waals surface area contributed by atoms with E-state index in [4.69, 9.17) is 0 Å². The number of rotatable bonds is 6. The summed E-state index contributed by atoms with van der Waals surface area (Å²) in [6.07, 6.45) is 1.69. The van der Waals surface area contributed by atoms with Gasteiger partial charge in [-0.25, -0.2) is 0 Å². The average Bonchev–Trinajstić information content (AvgIpc) is 2.38. The summed E-state index contributed by atoms with van der Waals surface area (Å²) in [5.41, 5.74) is 0.625. The zero-order chi connectivity index (χ0) is 13.5. The van der Waals surface area contributed by atoms with Crippen molar-refractivity contribution in [2.24, 2.45) is 5.92 Å². The smallest absolute Gasteiger partial charge is 0.306 e. The molecule has 1 aromatic carbocycles. The first-order valence-corrected chi connectivity index (χ1v) is 6.75. The second kappa shape index (κ2) is 7.31. The molecule has 18 heavy (non-hydrogen) atoms. The number of halogens is 1. The van der Waals surface area contributed by atoms with E-state index in [9.17, 15) is 9.59 Å². The third-order valence-electron chi connectivity index (χ3n) is 2.79. The van der Waals surface area contributed by atoms with E-state index in [1.165, 1.54) is 7.11 Å². The highest BCUT2D eigenvalue weighted by Crippen LogP contribution is 2.24. The standard InChI is InChI=1S/C14H17BrO3/c1-3-6-10(9-13(16)18-2)14(17)11-7-4-5-8-12(11)15/h4-5,7-8,10H,3,6,9H2,1-2H3/t10-/m1/s1. The normalized spacial score (nSPS) is 11.9. The van der Waals surface area contributed by atoms with Gasteiger partial charge in [0, 0.05) is 16.0 Å². The van der Waals surface area contributed by atoms with Crippen molar-refractivity contribution in [3.8, 4) is 0 Å². The minimum Gasteiger partial charge on any atom is -0.469 e. The highest BCUT2D eigenvalue weighted by Gasteiger charge is 2.24. The molecule has 0 saturated heterocycles. The number of ketones is 1. The number of hydrogen-bond acceptors (Lipinski definition) is 3. The topological polar surface area (TPSA) is 43.4 Å². The number of ether oxygens (including phenoxy) is 1. The third-order valence-corrected chi connectivity index (χ3v) is 3.48. The van der Waals surface area contributed by atoms with Crippen LogP contribution in [0.2, 0.25) is 0 Å². The van der Waals surface area contributed by atoms with Gasteiger partial charge in [0.2, 0.25) is 0 Å². The Morgan fingerprint density at radius 1 is 1.33 bits per heavy atom. The summed E-state index contributed by atoms with van der Waals surface area (Å²) in [6.45, 7) is 2.00. The van der Waals surface area contributed by atoms with E-state index in [2.05, 4.69) is 20.7 Å². The van der Waals surface area contributed by atoms with Crippen molar-refractivity contribution < 1.29 is 14.3 Å². The van der Waals surface area contributed by atoms with Crippen LogP contribution in [0, 0.1) is 5.92 Å². The lowest BCUT2D eigenvalue weighted by Crippen LogP contribution is -2.19. The zero-order valence-electron chi connectivity index (χ0n) is 10.6. The molecule has 0 N–H and O–H groups in total. The Hall–Kier alpha value is -1.16. The lowest BCUT2D eigenvalue weighted by Gasteiger charge is -2.14. The van der Waals surface area contributed by atoms with Crippen LogP contribution in [-0.4, -0.2) is 18.9 Å². The van der Waals surface area contributed by atoms with Crippen molar-refractivity contribution in [1.29, 1.82) is 0 Å². The summed E-state index contributed by atoms with van der Waals surface area (Å²) < 4.78 is 5.41. The van der Waals surface area contributed by atoms with Crippen LogP contribution in [0.3, 0.4) is 0 Å². The fourth-order valence-corrected chi connectivity index (χ4v) is 2.32. The van der Waals surface area contributed by atoms with E-state index in [-0.39, 0.29) is 24.1 Å². The summed E-state index contributed by atoms with van der Waals surface area (Å²) in [4.78, 5) is 23.7. The maximum Gasteiger partial charge on any atom is 0.306 e. The molecule has 0 amide bonds. The van der Waals surface area contributed by atoms with Gasteiger partial charge in [-0.05, 0) is 12.5 Å². The van der Waals surface area contributed by atoms with Crippen LogP contribution in [0.4, 0.5) is 0 Å². The minimum atomic E-state index is -0.339. The lowest BCUT2D eigenvalue weighted by atomic mass is 9.91. The second-order valence-corrected chi connectivity index (χ2v) is 4.96. The molecule has 98 valence electrons. The average molecular weight is 313 g/mol. The van der Waals surface area contributed by atoms with Crippen molar-refractivity contribution in [3.05, 3.63) is 34.3 Å². The van der Waals surface area contributed by atoms with Crippen molar-refractivity contribution in [2.45, 2.75) is 26.2 Å². The number of esters is 1. The van der Waals surface area contributed by atoms with Crippen molar-refractivity contribution in [2.75, 3.05) is 7.11 Å². The lowest BCUT2D eigenvalue weighted by molar-refractivity contribution is -0.141. The highest BCUT2D eigenvalue weighted by molar-refractivity contribution is 9.10. The molecule has 1 aromatic rings. The van der Waals surface area contributed by atoms with Crippen molar-refractivity contribution in [3.63, 3.8) is 0 Å². The summed E-state index contributed by atoms with van der Waals surface area (Å²) in [5, 5.41) is 0. The van der Waals surface area contributed by atoms with Gasteiger partial charge >= 0.3 is 5.97 Å². The van der Waals surface area contributed by atoms with Gasteiger partial charge in [-0.2, -0.15) is 0 Å². The Morgan fingerprint density at radius 2 is 2.00 bits per heavy atom. The first-order valence-electron chi connectivity index (χ1n) is 5.95. The van der Waals surface area contributed by atoms with Crippen LogP contribution in [0.25, 0.3) is 0 Å². The number of carbonyl (C=O) groups excluding carboxylic acids is 2. The van der Waals surface area contributed by atoms with Gasteiger partial charge in [-0.3, -0.25) is 9.59 Å². The number of carbonyl (C=O) groups is 2. The minimum absolute atomic E-state index is 0.00488. The predicted molar refractivity (Wildman–Crippen MR) is 73.5 cm³/mol. The fraction of sp³-hybridized carbons (Fsp3) is 0.429. The van der Waals surface area contributed by atoms with Gasteiger partial charge in [-0.15, -0.1) is 0 Å². The van der Waals surface area contributed by atoms with Crippen LogP contribution >= 0.6 is 15.9 Å². The van der Waals surface area contributed by atoms with Crippen LogP contribution in [0.15, 0.2) is 28.7 Å². The molecule has 0 heterocycles.